The molecule has 0 spiro atoms. The number of pyridine rings is 1. The molecule has 0 atom stereocenters. The molecule has 12 heteroatoms. The molecule has 146 valence electrons. The summed E-state index contributed by atoms with van der Waals surface area (Å²) in [6.45, 7) is 2.12. The number of aliphatic hydroxyl groups is 1. The first-order valence-corrected chi connectivity index (χ1v) is 9.63. The summed E-state index contributed by atoms with van der Waals surface area (Å²) >= 11 is 0.726. The molecule has 0 saturated heterocycles. The monoisotopic (exact) mass is 419 g/mol. The number of carbonyl (C=O) groups is 2. The molecule has 2 heterocycles. The van der Waals surface area contributed by atoms with Gasteiger partial charge < -0.3 is 10.8 Å². The lowest BCUT2D eigenvalue weighted by molar-refractivity contribution is -0.132. The highest BCUT2D eigenvalue weighted by atomic mass is 32.2. The van der Waals surface area contributed by atoms with Crippen molar-refractivity contribution in [2.45, 2.75) is 30.9 Å². The Bertz CT molecular complexity index is 966. The molecule has 0 radical (unpaired) electrons. The molecule has 0 saturated carbocycles. The number of hydrogen-bond acceptors (Lipinski definition) is 7. The molecule has 2 aromatic rings. The maximum atomic E-state index is 13.0. The van der Waals surface area contributed by atoms with Crippen LogP contribution in [0.3, 0.4) is 0 Å². The Morgan fingerprint density at radius 3 is 2.37 bits per heavy atom. The van der Waals surface area contributed by atoms with Crippen LogP contribution in [0.5, 0.6) is 0 Å². The van der Waals surface area contributed by atoms with Crippen LogP contribution in [-0.2, 0) is 14.8 Å². The number of rotatable bonds is 6. The molecule has 0 fully saturated rings. The third kappa shape index (κ3) is 4.12. The predicted octanol–water partition coefficient (Wildman–Crippen LogP) is 1.67. The minimum absolute atomic E-state index is 0.210. The maximum Gasteiger partial charge on any atom is 0.289 e. The van der Waals surface area contributed by atoms with Gasteiger partial charge in [-0.05, 0) is 37.4 Å². The average molecular weight is 419 g/mol. The molecule has 27 heavy (non-hydrogen) atoms. The molecule has 0 aliphatic rings. The predicted molar refractivity (Wildman–Crippen MR) is 93.0 cm³/mol. The van der Waals surface area contributed by atoms with Crippen molar-refractivity contribution in [2.24, 2.45) is 5.73 Å². The highest BCUT2D eigenvalue weighted by Crippen LogP contribution is 2.34. The van der Waals surface area contributed by atoms with Gasteiger partial charge in [-0.25, -0.2) is 13.8 Å². The Hall–Kier alpha value is -2.44. The van der Waals surface area contributed by atoms with Crippen LogP contribution in [0.4, 0.5) is 13.8 Å². The van der Waals surface area contributed by atoms with Gasteiger partial charge in [0, 0.05) is 11.8 Å². The third-order valence-electron chi connectivity index (χ3n) is 3.32. The van der Waals surface area contributed by atoms with E-state index in [-0.39, 0.29) is 14.9 Å². The summed E-state index contributed by atoms with van der Waals surface area (Å²) in [4.78, 5) is 27.7. The topological polar surface area (TPSA) is 131 Å². The van der Waals surface area contributed by atoms with Crippen molar-refractivity contribution in [3.8, 4) is 0 Å². The zero-order valence-corrected chi connectivity index (χ0v) is 15.7. The van der Waals surface area contributed by atoms with Gasteiger partial charge in [0.25, 0.3) is 28.3 Å². The molecular formula is C15H15F2N3O5S2. The van der Waals surface area contributed by atoms with Crippen molar-refractivity contribution < 1.29 is 31.9 Å². The minimum Gasteiger partial charge on any atom is -0.381 e. The summed E-state index contributed by atoms with van der Waals surface area (Å²) < 4.78 is 51.5. The summed E-state index contributed by atoms with van der Waals surface area (Å²) in [6, 6.07) is 2.87. The number of halogens is 2. The first-order valence-electron chi connectivity index (χ1n) is 7.31. The summed E-state index contributed by atoms with van der Waals surface area (Å²) in [7, 11) is -4.73. The summed E-state index contributed by atoms with van der Waals surface area (Å²) in [5, 5.41) is 10.3. The highest BCUT2D eigenvalue weighted by molar-refractivity contribution is 7.93. The van der Waals surface area contributed by atoms with E-state index in [1.165, 1.54) is 11.4 Å². The molecular weight excluding hydrogens is 404 g/mol. The maximum absolute atomic E-state index is 13.0. The Balaban J connectivity index is 2.67. The van der Waals surface area contributed by atoms with E-state index >= 15 is 0 Å². The first-order chi connectivity index (χ1) is 12.4. The van der Waals surface area contributed by atoms with Gasteiger partial charge in [0.2, 0.25) is 0 Å². The lowest BCUT2D eigenvalue weighted by atomic mass is 10.1. The lowest BCUT2D eigenvalue weighted by Crippen LogP contribution is -2.48. The number of thiophene rings is 1. The third-order valence-corrected chi connectivity index (χ3v) is 5.93. The molecule has 0 bridgehead atoms. The molecule has 2 amide bonds. The van der Waals surface area contributed by atoms with Crippen molar-refractivity contribution >= 4 is 38.2 Å². The largest absolute Gasteiger partial charge is 0.381 e. The fraction of sp³-hybridized carbons (Fsp3) is 0.267. The standard InChI is InChI=1S/C15H15F2N3O5S2/c1-15(2,23)14(22)20(13-9(12(18)21)5-6-26-13)27(24,25)10-4-3-8(7-19-10)11(16)17/h3-7,11,23H,1-2H3,(H2,18,21). The van der Waals surface area contributed by atoms with Gasteiger partial charge >= 0.3 is 0 Å². The van der Waals surface area contributed by atoms with E-state index in [4.69, 9.17) is 5.73 Å². The van der Waals surface area contributed by atoms with E-state index < -0.39 is 44.5 Å². The number of nitrogens with two attached hydrogens (primary N) is 1. The Morgan fingerprint density at radius 2 is 1.93 bits per heavy atom. The number of amides is 2. The second-order valence-corrected chi connectivity index (χ2v) is 8.50. The van der Waals surface area contributed by atoms with Crippen LogP contribution in [0.1, 0.15) is 36.2 Å². The van der Waals surface area contributed by atoms with Gasteiger partial charge in [-0.2, -0.15) is 12.7 Å². The second kappa shape index (κ2) is 7.29. The van der Waals surface area contributed by atoms with Gasteiger partial charge in [0.1, 0.15) is 10.6 Å². The average Bonchev–Trinajstić information content (AvgIpc) is 3.03. The summed E-state index contributed by atoms with van der Waals surface area (Å²) in [6.07, 6.45) is -2.20. The van der Waals surface area contributed by atoms with Gasteiger partial charge in [0.05, 0.1) is 5.56 Å². The second-order valence-electron chi connectivity index (χ2n) is 5.87. The lowest BCUT2D eigenvalue weighted by Gasteiger charge is -2.27. The van der Waals surface area contributed by atoms with Crippen molar-refractivity contribution in [1.29, 1.82) is 0 Å². The zero-order valence-electron chi connectivity index (χ0n) is 14.1. The number of primary amides is 1. The molecule has 3 N–H and O–H groups in total. The van der Waals surface area contributed by atoms with Gasteiger partial charge in [-0.15, -0.1) is 11.3 Å². The van der Waals surface area contributed by atoms with E-state index in [0.717, 1.165) is 37.3 Å². The minimum atomic E-state index is -4.73. The van der Waals surface area contributed by atoms with Gasteiger partial charge in [-0.3, -0.25) is 9.59 Å². The summed E-state index contributed by atoms with van der Waals surface area (Å²) in [5.74, 6) is -2.26. The molecule has 0 aliphatic heterocycles. The van der Waals surface area contributed by atoms with E-state index in [1.54, 1.807) is 0 Å². The first kappa shape index (κ1) is 20.9. The molecule has 2 aromatic heterocycles. The number of hydrogen-bond donors (Lipinski definition) is 2. The number of anilines is 1. The molecule has 0 unspecified atom stereocenters. The quantitative estimate of drug-likeness (QED) is 0.732. The molecule has 8 nitrogen and oxygen atoms in total. The van der Waals surface area contributed by atoms with Gasteiger partial charge in [0.15, 0.2) is 5.03 Å². The normalized spacial score (nSPS) is 12.2. The number of carbonyl (C=O) groups excluding carboxylic acids is 2. The molecule has 0 aromatic carbocycles. The van der Waals surface area contributed by atoms with Crippen LogP contribution in [0.2, 0.25) is 0 Å². The summed E-state index contributed by atoms with van der Waals surface area (Å²) in [5.41, 5.74) is 2.31. The fourth-order valence-electron chi connectivity index (χ4n) is 1.97. The van der Waals surface area contributed by atoms with Crippen molar-refractivity contribution in [3.05, 3.63) is 40.9 Å². The fourth-order valence-corrected chi connectivity index (χ4v) is 4.57. The van der Waals surface area contributed by atoms with Crippen LogP contribution in [0.15, 0.2) is 34.8 Å². The van der Waals surface area contributed by atoms with E-state index in [2.05, 4.69) is 4.98 Å². The Morgan fingerprint density at radius 1 is 1.30 bits per heavy atom. The Kier molecular flexibility index (Phi) is 5.63. The highest BCUT2D eigenvalue weighted by Gasteiger charge is 2.41. The van der Waals surface area contributed by atoms with Crippen LogP contribution in [0.25, 0.3) is 0 Å². The van der Waals surface area contributed by atoms with Crippen molar-refractivity contribution in [2.75, 3.05) is 4.31 Å². The van der Waals surface area contributed by atoms with Crippen LogP contribution < -0.4 is 10.0 Å². The van der Waals surface area contributed by atoms with E-state index in [0.29, 0.717) is 6.20 Å². The van der Waals surface area contributed by atoms with Crippen molar-refractivity contribution in [1.82, 2.24) is 4.98 Å². The van der Waals surface area contributed by atoms with E-state index in [9.17, 15) is 31.9 Å². The number of nitrogens with zero attached hydrogens (tertiary/aromatic N) is 2. The molecule has 2 rings (SSSR count). The van der Waals surface area contributed by atoms with Crippen LogP contribution in [0, 0.1) is 0 Å². The van der Waals surface area contributed by atoms with Gasteiger partial charge in [-0.1, -0.05) is 0 Å². The SMILES string of the molecule is CC(C)(O)C(=O)N(c1sccc1C(N)=O)S(=O)(=O)c1ccc(C(F)F)cn1. The molecule has 0 aliphatic carbocycles. The number of aromatic nitrogens is 1. The smallest absolute Gasteiger partial charge is 0.289 e. The number of sulfonamides is 1. The van der Waals surface area contributed by atoms with Crippen molar-refractivity contribution in [3.63, 3.8) is 0 Å². The number of alkyl halides is 2. The Labute approximate surface area is 157 Å². The van der Waals surface area contributed by atoms with E-state index in [1.807, 2.05) is 0 Å². The van der Waals surface area contributed by atoms with Crippen LogP contribution >= 0.6 is 11.3 Å². The zero-order chi connectivity index (χ0) is 20.6. The van der Waals surface area contributed by atoms with Crippen LogP contribution in [-0.4, -0.2) is 35.9 Å².